The van der Waals surface area contributed by atoms with Gasteiger partial charge in [0.05, 0.1) is 89.7 Å². The van der Waals surface area contributed by atoms with Crippen molar-refractivity contribution in [2.75, 3.05) is 153 Å². The van der Waals surface area contributed by atoms with Crippen molar-refractivity contribution in [1.82, 2.24) is 19.9 Å². The highest BCUT2D eigenvalue weighted by Crippen LogP contribution is 2.36. The van der Waals surface area contributed by atoms with Crippen LogP contribution >= 0.6 is 46.7 Å². The van der Waals surface area contributed by atoms with Crippen molar-refractivity contribution in [3.05, 3.63) is 21.4 Å². The zero-order chi connectivity index (χ0) is 64.0. The summed E-state index contributed by atoms with van der Waals surface area (Å²) in [5.74, 6) is -8.76. The van der Waals surface area contributed by atoms with Gasteiger partial charge in [-0.1, -0.05) is 66.0 Å². The number of carbonyl (C=O) groups excluding carboxylic acids is 6. The summed E-state index contributed by atoms with van der Waals surface area (Å²) in [4.78, 5) is 81.3. The lowest BCUT2D eigenvalue weighted by Gasteiger charge is -2.54. The SMILES string of the molecule is CSc1nc(Cl)c(C=O)c(N2CC[N+]3(CC2)CC[N+]2(CCC(CCCC4CC[N+]5(CC4)CC[N+]4(CCN(c6nc(SC)nc(Cl)c6C=O)CC4)CC5)CC2)CC3)n1.O=C([O-])C(F)(F)F.O=C([O-])C(F)(F)F.O=C([O-])C(F)(F)F.O=C([O-])C(F)(F)F. The van der Waals surface area contributed by atoms with Crippen molar-refractivity contribution in [3.63, 3.8) is 0 Å². The first-order valence-corrected chi connectivity index (χ1v) is 29.8. The molecule has 480 valence electrons. The van der Waals surface area contributed by atoms with Crippen LogP contribution in [-0.2, 0) is 19.2 Å². The molecule has 85 heavy (non-hydrogen) atoms. The number of anilines is 2. The molecule has 2 aromatic rings. The van der Waals surface area contributed by atoms with Crippen molar-refractivity contribution in [2.24, 2.45) is 11.8 Å². The summed E-state index contributed by atoms with van der Waals surface area (Å²) in [6.45, 7) is 24.0. The van der Waals surface area contributed by atoms with Crippen molar-refractivity contribution < 1.29 is 120 Å². The summed E-state index contributed by atoms with van der Waals surface area (Å²) in [7, 11) is 0. The highest BCUT2D eigenvalue weighted by molar-refractivity contribution is 7.98. The van der Waals surface area contributed by atoms with Gasteiger partial charge in [-0.05, 0) is 50.0 Å². The van der Waals surface area contributed by atoms with Gasteiger partial charge in [-0.25, -0.2) is 19.9 Å². The van der Waals surface area contributed by atoms with E-state index in [1.54, 1.807) is 0 Å². The van der Waals surface area contributed by atoms with E-state index in [9.17, 15) is 62.3 Å². The van der Waals surface area contributed by atoms with Crippen molar-refractivity contribution in [2.45, 2.75) is 80.0 Å². The number of nitrogens with zero attached hydrogens (tertiary/aromatic N) is 10. The molecule has 6 aliphatic rings. The van der Waals surface area contributed by atoms with Crippen LogP contribution in [0.4, 0.5) is 64.3 Å². The molecule has 0 bridgehead atoms. The van der Waals surface area contributed by atoms with Crippen LogP contribution < -0.4 is 30.2 Å². The first-order valence-electron chi connectivity index (χ1n) is 26.6. The standard InChI is InChI=1S/C41H64Cl2N10O2S2.4C2HF3O2/c1-56-40-44-36(42)34(30-54)38(46-40)48-10-18-52(19-11-48)26-22-50(23-27-52)14-6-32(7-15-50)4-3-5-33-8-16-51(17-9-33)24-28-53(29-25-51)20-12-49(13-21-53)39-35(31-55)37(43)45-41(47-39)57-2;4*3-2(4,5)1(6)7/h30-33H,3-29H2,1-2H3;4*(H,6,7)/q+4;;;;/p-4. The third-order valence-electron chi connectivity index (χ3n) is 16.7. The number of hydrogen-bond acceptors (Lipinski definition) is 18. The molecule has 6 fully saturated rings. The van der Waals surface area contributed by atoms with E-state index >= 15 is 0 Å². The molecular formula is C49H64Cl2F12N10O10S2. The molecule has 0 aliphatic carbocycles. The van der Waals surface area contributed by atoms with Gasteiger partial charge in [0.25, 0.3) is 0 Å². The fraction of sp³-hybridized carbons (Fsp3) is 0.714. The van der Waals surface area contributed by atoms with Gasteiger partial charge in [0.1, 0.15) is 98.2 Å². The Kier molecular flexibility index (Phi) is 26.1. The molecule has 0 unspecified atom stereocenters. The molecular weight excluding hydrogens is 1250 g/mol. The number of piperazine rings is 4. The number of piperidine rings is 2. The fourth-order valence-corrected chi connectivity index (χ4v) is 12.7. The normalized spacial score (nSPS) is 20.3. The Morgan fingerprint density at radius 2 is 0.682 bits per heavy atom. The zero-order valence-corrected chi connectivity index (χ0v) is 49.2. The van der Waals surface area contributed by atoms with E-state index in [0.717, 1.165) is 76.8 Å². The lowest BCUT2D eigenvalue weighted by Crippen LogP contribution is -2.71. The summed E-state index contributed by atoms with van der Waals surface area (Å²) in [5, 5.41) is 36.9. The van der Waals surface area contributed by atoms with Gasteiger partial charge < -0.3 is 67.3 Å². The second-order valence-corrected chi connectivity index (χ2v) is 23.9. The van der Waals surface area contributed by atoms with Crippen LogP contribution in [-0.4, -0.2) is 242 Å². The molecule has 6 aliphatic heterocycles. The lowest BCUT2D eigenvalue weighted by molar-refractivity contribution is -1.03. The fourth-order valence-electron chi connectivity index (χ4n) is 11.4. The molecule has 0 saturated carbocycles. The predicted octanol–water partition coefficient (Wildman–Crippen LogP) is 2.46. The number of thioether (sulfide) groups is 2. The number of carboxylic acid groups (broad SMARTS) is 4. The first kappa shape index (κ1) is 72.7. The third-order valence-corrected chi connectivity index (χ3v) is 18.4. The van der Waals surface area contributed by atoms with Crippen molar-refractivity contribution >= 4 is 94.8 Å². The number of carboxylic acids is 4. The van der Waals surface area contributed by atoms with E-state index in [2.05, 4.69) is 29.7 Å². The number of carbonyl (C=O) groups is 6. The minimum absolute atomic E-state index is 0.263. The smallest absolute Gasteiger partial charge is 0.430 e. The van der Waals surface area contributed by atoms with Gasteiger partial charge >= 0.3 is 24.7 Å². The molecule has 36 heteroatoms. The van der Waals surface area contributed by atoms with E-state index in [-0.39, 0.29) is 10.3 Å². The van der Waals surface area contributed by atoms with Gasteiger partial charge in [-0.15, -0.1) is 0 Å². The van der Waals surface area contributed by atoms with Crippen LogP contribution in [0.1, 0.15) is 65.7 Å². The average Bonchev–Trinajstić information content (AvgIpc) is 1.32. The Balaban J connectivity index is 0.000000456. The highest BCUT2D eigenvalue weighted by atomic mass is 35.5. The third kappa shape index (κ3) is 21.2. The van der Waals surface area contributed by atoms with Crippen molar-refractivity contribution in [3.8, 4) is 0 Å². The highest BCUT2D eigenvalue weighted by Gasteiger charge is 2.48. The number of hydrogen-bond donors (Lipinski definition) is 0. The minimum Gasteiger partial charge on any atom is -0.542 e. The van der Waals surface area contributed by atoms with Gasteiger partial charge in [-0.2, -0.15) is 52.7 Å². The molecule has 8 heterocycles. The van der Waals surface area contributed by atoms with E-state index in [1.165, 1.54) is 165 Å². The summed E-state index contributed by atoms with van der Waals surface area (Å²) in [5.41, 5.74) is 0.853. The van der Waals surface area contributed by atoms with E-state index in [0.29, 0.717) is 33.1 Å². The maximum absolute atomic E-state index is 11.9. The number of aromatic nitrogens is 4. The van der Waals surface area contributed by atoms with Crippen LogP contribution in [0.3, 0.4) is 0 Å². The molecule has 0 atom stereocenters. The minimum atomic E-state index is -5.19. The monoisotopic (exact) mass is 1310 g/mol. The number of aliphatic carboxylic acids is 4. The number of quaternary nitrogens is 4. The molecule has 0 N–H and O–H groups in total. The average molecular weight is 1320 g/mol. The first-order chi connectivity index (χ1) is 39.4. The molecule has 0 aromatic carbocycles. The Morgan fingerprint density at radius 1 is 0.459 bits per heavy atom. The van der Waals surface area contributed by atoms with E-state index in [1.807, 2.05) is 12.5 Å². The summed E-state index contributed by atoms with van der Waals surface area (Å²) >= 11 is 15.7. The van der Waals surface area contributed by atoms with Crippen LogP contribution in [0, 0.1) is 11.8 Å². The topological polar surface area (TPSA) is 253 Å². The lowest BCUT2D eigenvalue weighted by atomic mass is 9.85. The van der Waals surface area contributed by atoms with Crippen LogP contribution in [0.15, 0.2) is 10.3 Å². The van der Waals surface area contributed by atoms with Gasteiger partial charge in [0.15, 0.2) is 22.9 Å². The molecule has 6 saturated heterocycles. The van der Waals surface area contributed by atoms with E-state index in [4.69, 9.17) is 62.8 Å². The molecule has 2 aromatic heterocycles. The Morgan fingerprint density at radius 3 is 0.882 bits per heavy atom. The maximum atomic E-state index is 11.9. The molecule has 20 nitrogen and oxygen atoms in total. The maximum Gasteiger partial charge on any atom is 0.430 e. The Bertz CT molecular complexity index is 2370. The van der Waals surface area contributed by atoms with Gasteiger partial charge in [-0.3, -0.25) is 9.59 Å². The number of halogens is 14. The second kappa shape index (κ2) is 30.5. The second-order valence-electron chi connectivity index (χ2n) is 21.6. The number of rotatable bonds is 10. The quantitative estimate of drug-likeness (QED) is 0.0827. The Hall–Kier alpha value is -4.74. The van der Waals surface area contributed by atoms with Crippen LogP contribution in [0.5, 0.6) is 0 Å². The van der Waals surface area contributed by atoms with Crippen LogP contribution in [0.25, 0.3) is 0 Å². The number of aldehydes is 2. The van der Waals surface area contributed by atoms with Gasteiger partial charge in [0, 0.05) is 0 Å². The summed E-state index contributed by atoms with van der Waals surface area (Å²) in [6.07, 6.45) is -5.30. The molecule has 4 spiro atoms. The van der Waals surface area contributed by atoms with Crippen LogP contribution in [0.2, 0.25) is 10.3 Å². The Labute approximate surface area is 499 Å². The summed E-state index contributed by atoms with van der Waals surface area (Å²) < 4.78 is 131. The molecule has 0 radical (unpaired) electrons. The largest absolute Gasteiger partial charge is 0.542 e. The van der Waals surface area contributed by atoms with Gasteiger partial charge in [0.2, 0.25) is 0 Å². The zero-order valence-electron chi connectivity index (χ0n) is 46.1. The molecule has 8 rings (SSSR count). The molecule has 0 amide bonds. The number of alkyl halides is 12. The predicted molar refractivity (Wildman–Crippen MR) is 275 cm³/mol. The summed E-state index contributed by atoms with van der Waals surface area (Å²) in [6, 6.07) is 0. The van der Waals surface area contributed by atoms with E-state index < -0.39 is 48.6 Å². The van der Waals surface area contributed by atoms with Crippen molar-refractivity contribution in [1.29, 1.82) is 0 Å².